The maximum atomic E-state index is 12.8. The van der Waals surface area contributed by atoms with Crippen molar-refractivity contribution in [1.82, 2.24) is 0 Å². The van der Waals surface area contributed by atoms with Gasteiger partial charge in [0.15, 0.2) is 0 Å². The van der Waals surface area contributed by atoms with Crippen molar-refractivity contribution in [3.05, 3.63) is 0 Å². The summed E-state index contributed by atoms with van der Waals surface area (Å²) in [5.41, 5.74) is -0.796. The Morgan fingerprint density at radius 2 is 1.57 bits per heavy atom. The standard InChI is InChI=1S/C17H26O4/c1-2-16(5-3-4-6-16)21-14(19)15-7-10-17(11-8-15,12-9-15)20-13-18/h13H,2-12H2,1H3. The van der Waals surface area contributed by atoms with Gasteiger partial charge in [0, 0.05) is 0 Å². The van der Waals surface area contributed by atoms with Crippen molar-refractivity contribution in [3.63, 3.8) is 0 Å². The highest BCUT2D eigenvalue weighted by atomic mass is 16.6. The third kappa shape index (κ3) is 2.47. The molecule has 118 valence electrons. The summed E-state index contributed by atoms with van der Waals surface area (Å²) < 4.78 is 11.4. The molecule has 0 aromatic carbocycles. The van der Waals surface area contributed by atoms with Crippen LogP contribution in [0.25, 0.3) is 0 Å². The van der Waals surface area contributed by atoms with Crippen LogP contribution in [0.3, 0.4) is 0 Å². The SMILES string of the molecule is CCC1(OC(=O)C23CCC(OC=O)(CC2)CC3)CCCC1. The van der Waals surface area contributed by atoms with E-state index in [-0.39, 0.29) is 22.6 Å². The van der Waals surface area contributed by atoms with E-state index in [9.17, 15) is 9.59 Å². The monoisotopic (exact) mass is 294 g/mol. The smallest absolute Gasteiger partial charge is 0.312 e. The van der Waals surface area contributed by atoms with Crippen LogP contribution in [0.2, 0.25) is 0 Å². The van der Waals surface area contributed by atoms with Crippen molar-refractivity contribution in [3.8, 4) is 0 Å². The zero-order valence-electron chi connectivity index (χ0n) is 13.0. The highest BCUT2D eigenvalue weighted by molar-refractivity contribution is 5.78. The number of hydrogen-bond donors (Lipinski definition) is 0. The summed E-state index contributed by atoms with van der Waals surface area (Å²) >= 11 is 0. The highest BCUT2D eigenvalue weighted by Crippen LogP contribution is 2.55. The van der Waals surface area contributed by atoms with Crippen LogP contribution in [0.4, 0.5) is 0 Å². The second kappa shape index (κ2) is 5.29. The summed E-state index contributed by atoms with van der Waals surface area (Å²) in [6.45, 7) is 2.70. The second-order valence-corrected chi connectivity index (χ2v) is 7.31. The van der Waals surface area contributed by atoms with E-state index >= 15 is 0 Å². The molecule has 4 heteroatoms. The van der Waals surface area contributed by atoms with Crippen molar-refractivity contribution in [2.75, 3.05) is 0 Å². The quantitative estimate of drug-likeness (QED) is 0.575. The number of ether oxygens (including phenoxy) is 2. The Morgan fingerprint density at radius 1 is 1.00 bits per heavy atom. The molecule has 0 heterocycles. The maximum Gasteiger partial charge on any atom is 0.312 e. The third-order valence-corrected chi connectivity index (χ3v) is 6.38. The fourth-order valence-corrected chi connectivity index (χ4v) is 4.59. The lowest BCUT2D eigenvalue weighted by molar-refractivity contribution is -0.191. The maximum absolute atomic E-state index is 12.8. The summed E-state index contributed by atoms with van der Waals surface area (Å²) in [6, 6.07) is 0. The van der Waals surface area contributed by atoms with Crippen LogP contribution in [0, 0.1) is 5.41 Å². The Morgan fingerprint density at radius 3 is 2.05 bits per heavy atom. The molecule has 0 unspecified atom stereocenters. The van der Waals surface area contributed by atoms with Gasteiger partial charge in [0.1, 0.15) is 11.2 Å². The van der Waals surface area contributed by atoms with Gasteiger partial charge in [-0.15, -0.1) is 0 Å². The number of rotatable bonds is 5. The molecule has 4 aliphatic carbocycles. The lowest BCUT2D eigenvalue weighted by Gasteiger charge is -2.51. The van der Waals surface area contributed by atoms with E-state index in [1.807, 2.05) is 0 Å². The van der Waals surface area contributed by atoms with Gasteiger partial charge < -0.3 is 9.47 Å². The summed E-state index contributed by atoms with van der Waals surface area (Å²) in [7, 11) is 0. The molecule has 4 aliphatic rings. The molecule has 0 aromatic rings. The fourth-order valence-electron chi connectivity index (χ4n) is 4.59. The summed E-state index contributed by atoms with van der Waals surface area (Å²) in [5.74, 6) is 0.0191. The zero-order valence-corrected chi connectivity index (χ0v) is 13.0. The van der Waals surface area contributed by atoms with Crippen molar-refractivity contribution in [2.45, 2.75) is 88.8 Å². The highest BCUT2D eigenvalue weighted by Gasteiger charge is 2.55. The molecular weight excluding hydrogens is 268 g/mol. The largest absolute Gasteiger partial charge is 0.461 e. The minimum Gasteiger partial charge on any atom is -0.461 e. The van der Waals surface area contributed by atoms with Crippen LogP contribution in [0.1, 0.15) is 77.6 Å². The first-order valence-corrected chi connectivity index (χ1v) is 8.43. The van der Waals surface area contributed by atoms with Crippen LogP contribution >= 0.6 is 0 Å². The Hall–Kier alpha value is -1.06. The Bertz CT molecular complexity index is 398. The number of fused-ring (bicyclic) bond motifs is 3. The number of carbonyl (C=O) groups is 2. The molecule has 2 bridgehead atoms. The third-order valence-electron chi connectivity index (χ3n) is 6.38. The predicted octanol–water partition coefficient (Wildman–Crippen LogP) is 3.52. The molecule has 0 saturated heterocycles. The van der Waals surface area contributed by atoms with Gasteiger partial charge in [-0.25, -0.2) is 0 Å². The van der Waals surface area contributed by atoms with Crippen LogP contribution in [-0.2, 0) is 19.1 Å². The van der Waals surface area contributed by atoms with Crippen LogP contribution in [-0.4, -0.2) is 23.6 Å². The first-order valence-electron chi connectivity index (χ1n) is 8.43. The van der Waals surface area contributed by atoms with E-state index in [0.717, 1.165) is 57.8 Å². The van der Waals surface area contributed by atoms with Gasteiger partial charge in [0.05, 0.1) is 5.41 Å². The molecule has 0 aliphatic heterocycles. The molecular formula is C17H26O4. The second-order valence-electron chi connectivity index (χ2n) is 7.31. The Kier molecular flexibility index (Phi) is 3.74. The predicted molar refractivity (Wildman–Crippen MR) is 77.6 cm³/mol. The topological polar surface area (TPSA) is 52.6 Å². The van der Waals surface area contributed by atoms with Gasteiger partial charge in [-0.1, -0.05) is 6.92 Å². The Balaban J connectivity index is 1.67. The average Bonchev–Trinajstić information content (AvgIpc) is 2.98. The molecule has 21 heavy (non-hydrogen) atoms. The van der Waals surface area contributed by atoms with E-state index in [4.69, 9.17) is 9.47 Å². The molecule has 0 spiro atoms. The molecule has 4 nitrogen and oxygen atoms in total. The van der Waals surface area contributed by atoms with E-state index in [1.54, 1.807) is 0 Å². The number of hydrogen-bond acceptors (Lipinski definition) is 4. The first-order chi connectivity index (χ1) is 10.1. The molecule has 4 saturated carbocycles. The molecule has 4 rings (SSSR count). The zero-order chi connectivity index (χ0) is 15.0. The average molecular weight is 294 g/mol. The van der Waals surface area contributed by atoms with Gasteiger partial charge in [-0.2, -0.15) is 0 Å². The van der Waals surface area contributed by atoms with Crippen LogP contribution in [0.15, 0.2) is 0 Å². The van der Waals surface area contributed by atoms with Gasteiger partial charge >= 0.3 is 5.97 Å². The molecule has 0 amide bonds. The van der Waals surface area contributed by atoms with E-state index in [1.165, 1.54) is 12.8 Å². The molecule has 0 N–H and O–H groups in total. The minimum absolute atomic E-state index is 0.0191. The number of carbonyl (C=O) groups excluding carboxylic acids is 2. The Labute approximate surface area is 126 Å². The van der Waals surface area contributed by atoms with Gasteiger partial charge in [-0.3, -0.25) is 9.59 Å². The van der Waals surface area contributed by atoms with Gasteiger partial charge in [0.2, 0.25) is 0 Å². The summed E-state index contributed by atoms with van der Waals surface area (Å²) in [5, 5.41) is 0. The van der Waals surface area contributed by atoms with Crippen molar-refractivity contribution >= 4 is 12.4 Å². The summed E-state index contributed by atoms with van der Waals surface area (Å²) in [4.78, 5) is 23.5. The van der Waals surface area contributed by atoms with Gasteiger partial charge in [-0.05, 0) is 70.6 Å². The first kappa shape index (κ1) is 14.9. The van der Waals surface area contributed by atoms with Crippen molar-refractivity contribution in [2.24, 2.45) is 5.41 Å². The van der Waals surface area contributed by atoms with E-state index < -0.39 is 0 Å². The van der Waals surface area contributed by atoms with Crippen LogP contribution in [0.5, 0.6) is 0 Å². The minimum atomic E-state index is -0.307. The molecule has 0 atom stereocenters. The van der Waals surface area contributed by atoms with Crippen molar-refractivity contribution < 1.29 is 19.1 Å². The molecule has 4 fully saturated rings. The van der Waals surface area contributed by atoms with E-state index in [2.05, 4.69) is 6.92 Å². The van der Waals surface area contributed by atoms with Crippen LogP contribution < -0.4 is 0 Å². The van der Waals surface area contributed by atoms with Crippen molar-refractivity contribution in [1.29, 1.82) is 0 Å². The number of esters is 1. The molecule has 0 aromatic heterocycles. The summed E-state index contributed by atoms with van der Waals surface area (Å²) in [6.07, 6.45) is 10.1. The van der Waals surface area contributed by atoms with Gasteiger partial charge in [0.25, 0.3) is 6.47 Å². The van der Waals surface area contributed by atoms with E-state index in [0.29, 0.717) is 6.47 Å². The molecule has 0 radical (unpaired) electrons. The normalized spacial score (nSPS) is 37.2. The lowest BCUT2D eigenvalue weighted by atomic mass is 9.58. The fraction of sp³-hybridized carbons (Fsp3) is 0.882. The lowest BCUT2D eigenvalue weighted by Crippen LogP contribution is -2.52.